The number of carbonyl (C=O) groups excluding carboxylic acids is 1. The maximum Gasteiger partial charge on any atom is 0.248 e. The zero-order valence-electron chi connectivity index (χ0n) is 22.1. The Morgan fingerprint density at radius 3 is 2.30 bits per heavy atom. The van der Waals surface area contributed by atoms with Crippen molar-refractivity contribution < 1.29 is 23.8 Å². The summed E-state index contributed by atoms with van der Waals surface area (Å²) in [7, 11) is 0. The highest BCUT2D eigenvalue weighted by molar-refractivity contribution is 5.78. The number of nitrogens with two attached hydrogens (primary N) is 1. The Morgan fingerprint density at radius 1 is 1.08 bits per heavy atom. The topological polar surface area (TPSA) is 91.7 Å². The summed E-state index contributed by atoms with van der Waals surface area (Å²) in [6.45, 7) is 8.61. The molecule has 202 valence electrons. The summed E-state index contributed by atoms with van der Waals surface area (Å²) in [6.07, 6.45) is 2.37. The molecule has 0 radical (unpaired) electrons. The molecule has 1 atom stereocenters. The average Bonchev–Trinajstić information content (AvgIpc) is 3.25. The number of aromatic nitrogens is 1. The van der Waals surface area contributed by atoms with Gasteiger partial charge in [-0.05, 0) is 55.1 Å². The second kappa shape index (κ2) is 14.0. The third kappa shape index (κ3) is 8.21. The second-order valence-corrected chi connectivity index (χ2v) is 9.86. The van der Waals surface area contributed by atoms with Gasteiger partial charge in [0.05, 0.1) is 6.04 Å². The van der Waals surface area contributed by atoms with Crippen molar-refractivity contribution in [2.45, 2.75) is 46.7 Å². The molecule has 0 aliphatic rings. The van der Waals surface area contributed by atoms with Crippen LogP contribution >= 0.6 is 0 Å². The van der Waals surface area contributed by atoms with Crippen LogP contribution in [0.4, 0.5) is 8.78 Å². The molecule has 0 saturated carbocycles. The van der Waals surface area contributed by atoms with Crippen LogP contribution in [0.1, 0.15) is 51.4 Å². The highest BCUT2D eigenvalue weighted by atomic mass is 19.1. The lowest BCUT2D eigenvalue weighted by molar-refractivity contribution is -0.139. The SMILES string of the molecule is CC(C)(C)C(c1cc(-c2cc(F)ccc2F)cn1Cc1ccccc1)N(CCCN)C(=O)CO.CCO. The fourth-order valence-corrected chi connectivity index (χ4v) is 4.36. The fourth-order valence-electron chi connectivity index (χ4n) is 4.36. The molecule has 1 amide bonds. The number of benzene rings is 2. The number of carbonyl (C=O) groups is 1. The van der Waals surface area contributed by atoms with E-state index in [0.717, 1.165) is 23.4 Å². The Balaban J connectivity index is 0.00000153. The number of aliphatic hydroxyl groups is 2. The minimum atomic E-state index is -0.623. The van der Waals surface area contributed by atoms with Crippen molar-refractivity contribution in [3.63, 3.8) is 0 Å². The van der Waals surface area contributed by atoms with Crippen molar-refractivity contribution in [2.24, 2.45) is 11.1 Å². The Labute approximate surface area is 218 Å². The summed E-state index contributed by atoms with van der Waals surface area (Å²) < 4.78 is 30.6. The predicted molar refractivity (Wildman–Crippen MR) is 143 cm³/mol. The zero-order valence-corrected chi connectivity index (χ0v) is 22.1. The van der Waals surface area contributed by atoms with Gasteiger partial charge in [0, 0.05) is 42.7 Å². The van der Waals surface area contributed by atoms with Gasteiger partial charge in [-0.3, -0.25) is 4.79 Å². The van der Waals surface area contributed by atoms with Crippen LogP contribution in [0, 0.1) is 17.0 Å². The molecule has 0 fully saturated rings. The van der Waals surface area contributed by atoms with E-state index in [4.69, 9.17) is 10.8 Å². The van der Waals surface area contributed by atoms with E-state index in [-0.39, 0.29) is 12.2 Å². The summed E-state index contributed by atoms with van der Waals surface area (Å²) >= 11 is 0. The molecule has 3 rings (SSSR count). The molecule has 1 aromatic heterocycles. The Morgan fingerprint density at radius 2 is 1.73 bits per heavy atom. The smallest absolute Gasteiger partial charge is 0.248 e. The molecule has 0 aliphatic carbocycles. The molecule has 37 heavy (non-hydrogen) atoms. The highest BCUT2D eigenvalue weighted by Gasteiger charge is 2.36. The van der Waals surface area contributed by atoms with Crippen LogP contribution in [0.3, 0.4) is 0 Å². The maximum atomic E-state index is 14.7. The molecule has 0 spiro atoms. The summed E-state index contributed by atoms with van der Waals surface area (Å²) in [5.74, 6) is -1.45. The van der Waals surface area contributed by atoms with E-state index in [1.54, 1.807) is 18.0 Å². The zero-order chi connectivity index (χ0) is 27.6. The lowest BCUT2D eigenvalue weighted by atomic mass is 9.83. The van der Waals surface area contributed by atoms with Crippen molar-refractivity contribution in [3.8, 4) is 11.1 Å². The van der Waals surface area contributed by atoms with E-state index >= 15 is 0 Å². The molecule has 4 N–H and O–H groups in total. The van der Waals surface area contributed by atoms with Crippen LogP contribution < -0.4 is 5.73 Å². The van der Waals surface area contributed by atoms with E-state index < -0.39 is 35.6 Å². The number of rotatable bonds is 9. The normalized spacial score (nSPS) is 12.0. The van der Waals surface area contributed by atoms with E-state index in [1.165, 1.54) is 6.07 Å². The van der Waals surface area contributed by atoms with Crippen molar-refractivity contribution in [3.05, 3.63) is 83.7 Å². The number of halogens is 2. The molecular weight excluding hydrogens is 476 g/mol. The van der Waals surface area contributed by atoms with Gasteiger partial charge in [-0.2, -0.15) is 0 Å². The third-order valence-corrected chi connectivity index (χ3v) is 5.84. The number of amides is 1. The molecule has 3 aromatic rings. The second-order valence-electron chi connectivity index (χ2n) is 9.86. The molecule has 1 heterocycles. The summed E-state index contributed by atoms with van der Waals surface area (Å²) in [5.41, 5.74) is 7.78. The van der Waals surface area contributed by atoms with Crippen LogP contribution in [-0.4, -0.2) is 51.9 Å². The number of hydrogen-bond donors (Lipinski definition) is 3. The first kappa shape index (κ1) is 30.2. The Kier molecular flexibility index (Phi) is 11.4. The third-order valence-electron chi connectivity index (χ3n) is 5.84. The molecule has 8 heteroatoms. The van der Waals surface area contributed by atoms with Crippen LogP contribution in [0.5, 0.6) is 0 Å². The van der Waals surface area contributed by atoms with Crippen LogP contribution in [0.15, 0.2) is 60.8 Å². The highest BCUT2D eigenvalue weighted by Crippen LogP contribution is 2.41. The molecule has 1 unspecified atom stereocenters. The lowest BCUT2D eigenvalue weighted by Gasteiger charge is -2.40. The van der Waals surface area contributed by atoms with E-state index in [2.05, 4.69) is 0 Å². The molecule has 6 nitrogen and oxygen atoms in total. The molecule has 0 bridgehead atoms. The number of aliphatic hydroxyl groups excluding tert-OH is 2. The van der Waals surface area contributed by atoms with E-state index in [1.807, 2.05) is 61.7 Å². The Bertz CT molecular complexity index is 1130. The predicted octanol–water partition coefficient (Wildman–Crippen LogP) is 4.74. The first-order valence-corrected chi connectivity index (χ1v) is 12.5. The average molecular weight is 516 g/mol. The van der Waals surface area contributed by atoms with Gasteiger partial charge in [0.15, 0.2) is 0 Å². The number of nitrogens with zero attached hydrogens (tertiary/aromatic N) is 2. The van der Waals surface area contributed by atoms with Crippen molar-refractivity contribution in [1.29, 1.82) is 0 Å². The van der Waals surface area contributed by atoms with Gasteiger partial charge in [0.2, 0.25) is 5.91 Å². The minimum Gasteiger partial charge on any atom is -0.397 e. The monoisotopic (exact) mass is 515 g/mol. The van der Waals surface area contributed by atoms with Gasteiger partial charge in [0.25, 0.3) is 0 Å². The van der Waals surface area contributed by atoms with Crippen molar-refractivity contribution in [2.75, 3.05) is 26.3 Å². The standard InChI is InChI=1S/C27H33F2N3O2.C2H6O/c1-27(2,3)26(32(13-7-12-30)25(34)18-33)24-14-20(22-15-21(28)10-11-23(22)29)17-31(24)16-19-8-5-4-6-9-19;1-2-3/h4-6,8-11,14-15,17,26,33H,7,12-13,16,18,30H2,1-3H3;3H,2H2,1H3. The molecule has 0 saturated heterocycles. The lowest BCUT2D eigenvalue weighted by Crippen LogP contribution is -2.44. The molecule has 2 aromatic carbocycles. The van der Waals surface area contributed by atoms with Crippen LogP contribution in [0.2, 0.25) is 0 Å². The van der Waals surface area contributed by atoms with Gasteiger partial charge in [-0.1, -0.05) is 51.1 Å². The minimum absolute atomic E-state index is 0.155. The molecular formula is C29H39F2N3O3. The van der Waals surface area contributed by atoms with Crippen LogP contribution in [0.25, 0.3) is 11.1 Å². The van der Waals surface area contributed by atoms with Gasteiger partial charge in [0.1, 0.15) is 18.2 Å². The van der Waals surface area contributed by atoms with Gasteiger partial charge in [-0.25, -0.2) is 8.78 Å². The first-order valence-electron chi connectivity index (χ1n) is 12.5. The maximum absolute atomic E-state index is 14.7. The number of hydrogen-bond acceptors (Lipinski definition) is 4. The summed E-state index contributed by atoms with van der Waals surface area (Å²) in [4.78, 5) is 14.5. The van der Waals surface area contributed by atoms with Gasteiger partial charge in [-0.15, -0.1) is 0 Å². The first-order chi connectivity index (χ1) is 17.6. The quantitative estimate of drug-likeness (QED) is 0.384. The summed E-state index contributed by atoms with van der Waals surface area (Å²) in [5, 5.41) is 17.3. The largest absolute Gasteiger partial charge is 0.397 e. The van der Waals surface area contributed by atoms with Gasteiger partial charge < -0.3 is 25.4 Å². The van der Waals surface area contributed by atoms with Gasteiger partial charge >= 0.3 is 0 Å². The molecule has 0 aliphatic heterocycles. The van der Waals surface area contributed by atoms with Crippen molar-refractivity contribution >= 4 is 5.91 Å². The Hall–Kier alpha value is -3.07. The van der Waals surface area contributed by atoms with Crippen molar-refractivity contribution in [1.82, 2.24) is 9.47 Å². The summed E-state index contributed by atoms with van der Waals surface area (Å²) in [6, 6.07) is 14.6. The van der Waals surface area contributed by atoms with E-state index in [0.29, 0.717) is 31.6 Å². The van der Waals surface area contributed by atoms with E-state index in [9.17, 15) is 18.7 Å². The van der Waals surface area contributed by atoms with Crippen LogP contribution in [-0.2, 0) is 11.3 Å². The fraction of sp³-hybridized carbons (Fsp3) is 0.414.